The molecular weight excluding hydrogens is 259 g/mol. The Labute approximate surface area is 109 Å². The van der Waals surface area contributed by atoms with Crippen LogP contribution in [0.3, 0.4) is 0 Å². The van der Waals surface area contributed by atoms with Crippen LogP contribution in [0.4, 0.5) is 11.4 Å². The molecular formula is C11H12Cl2N4. The molecule has 0 radical (unpaired) electrons. The molecule has 0 aliphatic rings. The minimum Gasteiger partial charge on any atom is -0.399 e. The summed E-state index contributed by atoms with van der Waals surface area (Å²) in [7, 11) is 0. The first-order chi connectivity index (χ1) is 8.16. The first-order valence-electron chi connectivity index (χ1n) is 5.12. The SMILES string of the molecule is Nc1cc(Cl)c(NCCn2cccn2)c(Cl)c1. The maximum Gasteiger partial charge on any atom is 0.0721 e. The second-order valence-corrected chi connectivity index (χ2v) is 4.37. The first-order valence-corrected chi connectivity index (χ1v) is 5.88. The zero-order chi connectivity index (χ0) is 12.3. The highest BCUT2D eigenvalue weighted by molar-refractivity contribution is 6.39. The standard InChI is InChI=1S/C11H12Cl2N4/c12-9-6-8(14)7-10(13)11(9)15-3-5-17-4-1-2-16-17/h1-2,4,6-7,15H,3,5,14H2. The van der Waals surface area contributed by atoms with Crippen LogP contribution in [0.25, 0.3) is 0 Å². The number of nitrogens with one attached hydrogen (secondary N) is 1. The Morgan fingerprint density at radius 3 is 2.59 bits per heavy atom. The summed E-state index contributed by atoms with van der Waals surface area (Å²) in [6, 6.07) is 5.22. The van der Waals surface area contributed by atoms with Crippen molar-refractivity contribution in [3.63, 3.8) is 0 Å². The molecule has 0 amide bonds. The number of anilines is 2. The van der Waals surface area contributed by atoms with Gasteiger partial charge in [0, 0.05) is 24.6 Å². The predicted octanol–water partition coefficient (Wildman–Crippen LogP) is 2.88. The van der Waals surface area contributed by atoms with Crippen molar-refractivity contribution in [3.05, 3.63) is 40.6 Å². The van der Waals surface area contributed by atoms with Crippen LogP contribution < -0.4 is 11.1 Å². The van der Waals surface area contributed by atoms with Gasteiger partial charge >= 0.3 is 0 Å². The molecule has 1 aromatic carbocycles. The van der Waals surface area contributed by atoms with Crippen molar-refractivity contribution in [1.29, 1.82) is 0 Å². The zero-order valence-corrected chi connectivity index (χ0v) is 10.5. The highest BCUT2D eigenvalue weighted by Crippen LogP contribution is 2.32. The van der Waals surface area contributed by atoms with E-state index in [9.17, 15) is 0 Å². The molecule has 0 spiro atoms. The lowest BCUT2D eigenvalue weighted by molar-refractivity contribution is 0.638. The molecule has 0 unspecified atom stereocenters. The number of hydrogen-bond acceptors (Lipinski definition) is 3. The minimum absolute atomic E-state index is 0.524. The monoisotopic (exact) mass is 270 g/mol. The molecule has 6 heteroatoms. The third kappa shape index (κ3) is 3.05. The van der Waals surface area contributed by atoms with Crippen LogP contribution in [0.2, 0.25) is 10.0 Å². The molecule has 0 aliphatic carbocycles. The van der Waals surface area contributed by atoms with Gasteiger partial charge in [-0.2, -0.15) is 5.10 Å². The minimum atomic E-state index is 0.524. The highest BCUT2D eigenvalue weighted by Gasteiger charge is 2.06. The normalized spacial score (nSPS) is 10.5. The van der Waals surface area contributed by atoms with Gasteiger partial charge in [0.2, 0.25) is 0 Å². The van der Waals surface area contributed by atoms with Crippen LogP contribution in [-0.2, 0) is 6.54 Å². The van der Waals surface area contributed by atoms with Crippen LogP contribution in [0.15, 0.2) is 30.6 Å². The molecule has 17 heavy (non-hydrogen) atoms. The van der Waals surface area contributed by atoms with Crippen molar-refractivity contribution in [2.45, 2.75) is 6.54 Å². The summed E-state index contributed by atoms with van der Waals surface area (Å²) in [5, 5.41) is 8.31. The third-order valence-corrected chi connectivity index (χ3v) is 2.86. The van der Waals surface area contributed by atoms with E-state index in [0.717, 1.165) is 6.54 Å². The molecule has 0 fully saturated rings. The lowest BCUT2D eigenvalue weighted by Gasteiger charge is -2.11. The maximum atomic E-state index is 6.05. The first kappa shape index (κ1) is 12.1. The van der Waals surface area contributed by atoms with Crippen molar-refractivity contribution in [2.75, 3.05) is 17.6 Å². The Kier molecular flexibility index (Phi) is 3.76. The lowest BCUT2D eigenvalue weighted by atomic mass is 10.3. The molecule has 90 valence electrons. The van der Waals surface area contributed by atoms with Crippen LogP contribution in [0.1, 0.15) is 0 Å². The number of nitrogens with zero attached hydrogens (tertiary/aromatic N) is 2. The number of benzene rings is 1. The molecule has 0 aliphatic heterocycles. The van der Waals surface area contributed by atoms with Crippen molar-refractivity contribution in [3.8, 4) is 0 Å². The molecule has 0 atom stereocenters. The molecule has 0 bridgehead atoms. The van der Waals surface area contributed by atoms with E-state index in [1.54, 1.807) is 18.3 Å². The van der Waals surface area contributed by atoms with Crippen molar-refractivity contribution in [1.82, 2.24) is 9.78 Å². The van der Waals surface area contributed by atoms with E-state index in [0.29, 0.717) is 28.0 Å². The molecule has 2 rings (SSSR count). The van der Waals surface area contributed by atoms with Gasteiger partial charge in [-0.3, -0.25) is 4.68 Å². The summed E-state index contributed by atoms with van der Waals surface area (Å²) in [6.45, 7) is 1.43. The fraction of sp³-hybridized carbons (Fsp3) is 0.182. The number of hydrogen-bond donors (Lipinski definition) is 2. The van der Waals surface area contributed by atoms with Crippen LogP contribution in [0.5, 0.6) is 0 Å². The second kappa shape index (κ2) is 5.29. The smallest absolute Gasteiger partial charge is 0.0721 e. The molecule has 1 heterocycles. The highest BCUT2D eigenvalue weighted by atomic mass is 35.5. The van der Waals surface area contributed by atoms with E-state index in [4.69, 9.17) is 28.9 Å². The molecule has 2 aromatic rings. The Balaban J connectivity index is 1.99. The number of rotatable bonds is 4. The number of halogens is 2. The molecule has 4 nitrogen and oxygen atoms in total. The Morgan fingerprint density at radius 1 is 1.29 bits per heavy atom. The van der Waals surface area contributed by atoms with E-state index in [1.807, 2.05) is 16.9 Å². The largest absolute Gasteiger partial charge is 0.399 e. The lowest BCUT2D eigenvalue weighted by Crippen LogP contribution is -2.11. The van der Waals surface area contributed by atoms with Crippen LogP contribution in [-0.4, -0.2) is 16.3 Å². The van der Waals surface area contributed by atoms with Gasteiger partial charge in [-0.15, -0.1) is 0 Å². The van der Waals surface area contributed by atoms with E-state index < -0.39 is 0 Å². The zero-order valence-electron chi connectivity index (χ0n) is 9.03. The van der Waals surface area contributed by atoms with Gasteiger partial charge < -0.3 is 11.1 Å². The summed E-state index contributed by atoms with van der Waals surface area (Å²) in [6.07, 6.45) is 3.64. The Bertz CT molecular complexity index is 473. The van der Waals surface area contributed by atoms with Gasteiger partial charge in [0.15, 0.2) is 0 Å². The topological polar surface area (TPSA) is 55.9 Å². The Hall–Kier alpha value is -1.39. The van der Waals surface area contributed by atoms with E-state index >= 15 is 0 Å². The molecule has 1 aromatic heterocycles. The third-order valence-electron chi connectivity index (χ3n) is 2.27. The average molecular weight is 271 g/mol. The fourth-order valence-electron chi connectivity index (χ4n) is 1.49. The number of nitrogens with two attached hydrogens (primary N) is 1. The maximum absolute atomic E-state index is 6.05. The van der Waals surface area contributed by atoms with Crippen molar-refractivity contribution >= 4 is 34.6 Å². The molecule has 0 saturated heterocycles. The number of aromatic nitrogens is 2. The molecule has 3 N–H and O–H groups in total. The summed E-state index contributed by atoms with van der Waals surface area (Å²) in [4.78, 5) is 0. The number of nitrogen functional groups attached to an aromatic ring is 1. The van der Waals surface area contributed by atoms with Crippen LogP contribution in [0, 0.1) is 0 Å². The Morgan fingerprint density at radius 2 is 2.00 bits per heavy atom. The van der Waals surface area contributed by atoms with Gasteiger partial charge in [-0.25, -0.2) is 0 Å². The summed E-state index contributed by atoms with van der Waals surface area (Å²) in [5.74, 6) is 0. The van der Waals surface area contributed by atoms with Crippen molar-refractivity contribution < 1.29 is 0 Å². The van der Waals surface area contributed by atoms with Crippen LogP contribution >= 0.6 is 23.2 Å². The van der Waals surface area contributed by atoms with E-state index in [-0.39, 0.29) is 0 Å². The van der Waals surface area contributed by atoms with Gasteiger partial charge in [0.25, 0.3) is 0 Å². The van der Waals surface area contributed by atoms with Gasteiger partial charge in [-0.1, -0.05) is 23.2 Å². The van der Waals surface area contributed by atoms with Gasteiger partial charge in [0.05, 0.1) is 22.3 Å². The van der Waals surface area contributed by atoms with Crippen molar-refractivity contribution in [2.24, 2.45) is 0 Å². The molecule has 0 saturated carbocycles. The predicted molar refractivity (Wildman–Crippen MR) is 71.6 cm³/mol. The fourth-order valence-corrected chi connectivity index (χ4v) is 2.13. The quantitative estimate of drug-likeness (QED) is 0.841. The summed E-state index contributed by atoms with van der Waals surface area (Å²) >= 11 is 12.1. The van der Waals surface area contributed by atoms with E-state index in [1.165, 1.54) is 0 Å². The summed E-state index contributed by atoms with van der Waals surface area (Å²) in [5.41, 5.74) is 6.88. The average Bonchev–Trinajstić information content (AvgIpc) is 2.74. The van der Waals surface area contributed by atoms with Gasteiger partial charge in [-0.05, 0) is 18.2 Å². The second-order valence-electron chi connectivity index (χ2n) is 3.56. The van der Waals surface area contributed by atoms with Gasteiger partial charge in [0.1, 0.15) is 0 Å². The summed E-state index contributed by atoms with van der Waals surface area (Å²) < 4.78 is 1.83. The van der Waals surface area contributed by atoms with E-state index in [2.05, 4.69) is 10.4 Å².